The molecular weight excluding hydrogens is 370 g/mol. The number of aromatic nitrogens is 4. The second-order valence-electron chi connectivity index (χ2n) is 7.08. The molecule has 148 valence electrons. The van der Waals surface area contributed by atoms with Crippen LogP contribution >= 0.6 is 0 Å². The van der Waals surface area contributed by atoms with Crippen LogP contribution in [-0.4, -0.2) is 64.3 Å². The molecule has 0 bridgehead atoms. The zero-order valence-electron chi connectivity index (χ0n) is 16.0. The van der Waals surface area contributed by atoms with Gasteiger partial charge in [0.2, 0.25) is 5.91 Å². The molecule has 1 amide bonds. The Morgan fingerprint density at radius 3 is 2.55 bits per heavy atom. The van der Waals surface area contributed by atoms with Crippen molar-refractivity contribution in [3.63, 3.8) is 0 Å². The lowest BCUT2D eigenvalue weighted by molar-refractivity contribution is -0.122. The first-order valence-corrected chi connectivity index (χ1v) is 9.56. The highest BCUT2D eigenvalue weighted by molar-refractivity contribution is 5.98. The lowest BCUT2D eigenvalue weighted by Gasteiger charge is -2.38. The van der Waals surface area contributed by atoms with E-state index in [4.69, 9.17) is 4.74 Å². The standard InChI is InChI=1S/C20H21N7O2/c1-29-15-8-6-14(7-9-15)25-10-12-26(13-11-25)18-19-22-23-24-27(19)17-5-3-2-4-16(17)21-20(18)28/h2-9,18H,10-13H2,1H3,(H,21,28). The van der Waals surface area contributed by atoms with Crippen molar-refractivity contribution < 1.29 is 9.53 Å². The van der Waals surface area contributed by atoms with Crippen molar-refractivity contribution in [3.05, 3.63) is 54.4 Å². The molecule has 1 unspecified atom stereocenters. The van der Waals surface area contributed by atoms with E-state index in [1.807, 2.05) is 36.4 Å². The van der Waals surface area contributed by atoms with Gasteiger partial charge in [-0.15, -0.1) is 5.10 Å². The number of hydrogen-bond donors (Lipinski definition) is 1. The number of rotatable bonds is 3. The molecule has 1 N–H and O–H groups in total. The Balaban J connectivity index is 1.37. The molecule has 5 rings (SSSR count). The van der Waals surface area contributed by atoms with Gasteiger partial charge in [0.1, 0.15) is 5.75 Å². The number of piperazine rings is 1. The van der Waals surface area contributed by atoms with E-state index in [-0.39, 0.29) is 5.91 Å². The number of amides is 1. The highest BCUT2D eigenvalue weighted by Crippen LogP contribution is 2.31. The van der Waals surface area contributed by atoms with Gasteiger partial charge in [-0.3, -0.25) is 9.69 Å². The average molecular weight is 391 g/mol. The van der Waals surface area contributed by atoms with Crippen LogP contribution in [0.25, 0.3) is 5.69 Å². The predicted molar refractivity (Wildman–Crippen MR) is 107 cm³/mol. The van der Waals surface area contributed by atoms with Crippen molar-refractivity contribution in [2.24, 2.45) is 0 Å². The van der Waals surface area contributed by atoms with Crippen LogP contribution in [0.5, 0.6) is 5.75 Å². The van der Waals surface area contributed by atoms with Crippen molar-refractivity contribution >= 4 is 17.3 Å². The van der Waals surface area contributed by atoms with E-state index in [1.54, 1.807) is 11.8 Å². The fourth-order valence-corrected chi connectivity index (χ4v) is 3.98. The van der Waals surface area contributed by atoms with Crippen molar-refractivity contribution in [2.45, 2.75) is 6.04 Å². The zero-order chi connectivity index (χ0) is 19.8. The minimum Gasteiger partial charge on any atom is -0.497 e. The third-order valence-corrected chi connectivity index (χ3v) is 5.49. The normalized spacial score (nSPS) is 19.1. The topological polar surface area (TPSA) is 88.4 Å². The van der Waals surface area contributed by atoms with E-state index in [1.165, 1.54) is 0 Å². The van der Waals surface area contributed by atoms with Gasteiger partial charge in [-0.2, -0.15) is 4.68 Å². The number of carbonyl (C=O) groups is 1. The molecule has 0 spiro atoms. The van der Waals surface area contributed by atoms with E-state index in [9.17, 15) is 4.79 Å². The Hall–Kier alpha value is -3.46. The van der Waals surface area contributed by atoms with Crippen LogP contribution in [-0.2, 0) is 4.79 Å². The molecule has 29 heavy (non-hydrogen) atoms. The summed E-state index contributed by atoms with van der Waals surface area (Å²) < 4.78 is 6.90. The summed E-state index contributed by atoms with van der Waals surface area (Å²) in [7, 11) is 1.66. The Morgan fingerprint density at radius 2 is 1.79 bits per heavy atom. The van der Waals surface area contributed by atoms with E-state index >= 15 is 0 Å². The third-order valence-electron chi connectivity index (χ3n) is 5.49. The molecular formula is C20H21N7O2. The monoisotopic (exact) mass is 391 g/mol. The van der Waals surface area contributed by atoms with Crippen LogP contribution < -0.4 is 15.0 Å². The van der Waals surface area contributed by atoms with Crippen LogP contribution in [0.4, 0.5) is 11.4 Å². The zero-order valence-corrected chi connectivity index (χ0v) is 16.0. The van der Waals surface area contributed by atoms with Gasteiger partial charge in [0.25, 0.3) is 0 Å². The van der Waals surface area contributed by atoms with Gasteiger partial charge in [0, 0.05) is 31.9 Å². The smallest absolute Gasteiger partial charge is 0.249 e. The number of fused-ring (bicyclic) bond motifs is 3. The Bertz CT molecular complexity index is 1030. The number of carbonyl (C=O) groups excluding carboxylic acids is 1. The van der Waals surface area contributed by atoms with Gasteiger partial charge < -0.3 is 15.0 Å². The first-order chi connectivity index (χ1) is 14.2. The fourth-order valence-electron chi connectivity index (χ4n) is 3.98. The van der Waals surface area contributed by atoms with Gasteiger partial charge in [-0.1, -0.05) is 12.1 Å². The van der Waals surface area contributed by atoms with Gasteiger partial charge >= 0.3 is 0 Å². The fraction of sp³-hybridized carbons (Fsp3) is 0.300. The number of hydrogen-bond acceptors (Lipinski definition) is 7. The molecule has 1 atom stereocenters. The molecule has 3 heterocycles. The van der Waals surface area contributed by atoms with Crippen molar-refractivity contribution in [1.29, 1.82) is 0 Å². The summed E-state index contributed by atoms with van der Waals surface area (Å²) in [5, 5.41) is 15.2. The van der Waals surface area contributed by atoms with Crippen molar-refractivity contribution in [1.82, 2.24) is 25.1 Å². The van der Waals surface area contributed by atoms with Gasteiger partial charge in [-0.05, 0) is 46.8 Å². The number of nitrogens with zero attached hydrogens (tertiary/aromatic N) is 6. The van der Waals surface area contributed by atoms with E-state index in [2.05, 4.69) is 42.8 Å². The molecule has 9 heteroatoms. The lowest BCUT2D eigenvalue weighted by Crippen LogP contribution is -2.50. The number of methoxy groups -OCH3 is 1. The number of benzene rings is 2. The first kappa shape index (κ1) is 17.6. The molecule has 1 saturated heterocycles. The van der Waals surface area contributed by atoms with Crippen LogP contribution in [0, 0.1) is 0 Å². The first-order valence-electron chi connectivity index (χ1n) is 9.56. The molecule has 9 nitrogen and oxygen atoms in total. The quantitative estimate of drug-likeness (QED) is 0.724. The van der Waals surface area contributed by atoms with Gasteiger partial charge in [0.15, 0.2) is 11.9 Å². The molecule has 2 aromatic carbocycles. The molecule has 2 aliphatic heterocycles. The number of para-hydroxylation sites is 2. The van der Waals surface area contributed by atoms with Gasteiger partial charge in [-0.25, -0.2) is 0 Å². The minimum atomic E-state index is -0.532. The van der Waals surface area contributed by atoms with Crippen LogP contribution in [0.15, 0.2) is 48.5 Å². The lowest BCUT2D eigenvalue weighted by atomic mass is 10.1. The summed E-state index contributed by atoms with van der Waals surface area (Å²) in [6, 6.07) is 15.1. The SMILES string of the molecule is COc1ccc(N2CCN(C3C(=O)Nc4ccccc4-n4nnnc43)CC2)cc1. The van der Waals surface area contributed by atoms with E-state index in [0.29, 0.717) is 11.5 Å². The summed E-state index contributed by atoms with van der Waals surface area (Å²) in [4.78, 5) is 17.5. The Morgan fingerprint density at radius 1 is 1.03 bits per heavy atom. The molecule has 0 saturated carbocycles. The number of nitrogens with one attached hydrogen (secondary N) is 1. The highest BCUT2D eigenvalue weighted by Gasteiger charge is 2.37. The Kier molecular flexibility index (Phi) is 4.36. The molecule has 2 aliphatic rings. The number of tetrazole rings is 1. The van der Waals surface area contributed by atoms with Crippen LogP contribution in [0.1, 0.15) is 11.9 Å². The minimum absolute atomic E-state index is 0.108. The molecule has 1 aromatic heterocycles. The van der Waals surface area contributed by atoms with Crippen LogP contribution in [0.2, 0.25) is 0 Å². The van der Waals surface area contributed by atoms with Crippen molar-refractivity contribution in [3.8, 4) is 11.4 Å². The predicted octanol–water partition coefficient (Wildman–Crippen LogP) is 1.49. The molecule has 0 aliphatic carbocycles. The Labute approximate surface area is 167 Å². The second kappa shape index (κ2) is 7.17. The third kappa shape index (κ3) is 3.09. The summed E-state index contributed by atoms with van der Waals surface area (Å²) in [6.07, 6.45) is 0. The van der Waals surface area contributed by atoms with Gasteiger partial charge in [0.05, 0.1) is 18.5 Å². The highest BCUT2D eigenvalue weighted by atomic mass is 16.5. The second-order valence-corrected chi connectivity index (χ2v) is 7.08. The average Bonchev–Trinajstić information content (AvgIpc) is 3.20. The van der Waals surface area contributed by atoms with Crippen LogP contribution in [0.3, 0.4) is 0 Å². The van der Waals surface area contributed by atoms with E-state index in [0.717, 1.165) is 43.3 Å². The summed E-state index contributed by atoms with van der Waals surface area (Å²) in [6.45, 7) is 3.08. The molecule has 3 aromatic rings. The maximum absolute atomic E-state index is 13.1. The van der Waals surface area contributed by atoms with E-state index < -0.39 is 6.04 Å². The van der Waals surface area contributed by atoms with Crippen molar-refractivity contribution in [2.75, 3.05) is 43.5 Å². The maximum atomic E-state index is 13.1. The summed E-state index contributed by atoms with van der Waals surface area (Å²) in [5.41, 5.74) is 2.64. The number of ether oxygens (including phenoxy) is 1. The summed E-state index contributed by atoms with van der Waals surface area (Å²) >= 11 is 0. The molecule has 0 radical (unpaired) electrons. The maximum Gasteiger partial charge on any atom is 0.249 e. The number of anilines is 2. The summed E-state index contributed by atoms with van der Waals surface area (Å²) in [5.74, 6) is 1.28. The molecule has 1 fully saturated rings. The largest absolute Gasteiger partial charge is 0.497 e.